The number of carbonyl (C=O) groups excluding carboxylic acids is 1. The molecule has 0 aromatic rings. The lowest BCUT2D eigenvalue weighted by atomic mass is 10.2. The molecule has 1 unspecified atom stereocenters. The van der Waals surface area contributed by atoms with Gasteiger partial charge in [-0.1, -0.05) is 11.8 Å². The zero-order chi connectivity index (χ0) is 6.15. The molecule has 1 saturated heterocycles. The molecule has 0 bridgehead atoms. The van der Waals surface area contributed by atoms with E-state index in [0.717, 1.165) is 11.8 Å². The summed E-state index contributed by atoms with van der Waals surface area (Å²) in [5, 5.41) is -0.398. The van der Waals surface area contributed by atoms with Gasteiger partial charge in [-0.3, -0.25) is 4.79 Å². The molecular weight excluding hydrogens is 134 g/mol. The molecule has 0 N–H and O–H groups in total. The van der Waals surface area contributed by atoms with Crippen LogP contribution in [-0.4, -0.2) is 10.9 Å². The molecule has 0 aromatic carbocycles. The molecule has 1 nitrogen and oxygen atoms in total. The van der Waals surface area contributed by atoms with Crippen molar-refractivity contribution in [1.29, 1.82) is 0 Å². The van der Waals surface area contributed by atoms with E-state index in [1.807, 2.05) is 0 Å². The Kier molecular flexibility index (Phi) is 1.51. The molecular formula is C4H3F2OS. The van der Waals surface area contributed by atoms with Crippen LogP contribution in [0.1, 0.15) is 0 Å². The van der Waals surface area contributed by atoms with Crippen LogP contribution in [0.4, 0.5) is 8.78 Å². The van der Waals surface area contributed by atoms with Crippen LogP contribution < -0.4 is 0 Å². The van der Waals surface area contributed by atoms with Gasteiger partial charge in [-0.05, 0) is 0 Å². The summed E-state index contributed by atoms with van der Waals surface area (Å²) in [5.74, 6) is -0.777. The number of hydrogen-bond donors (Lipinski definition) is 0. The van der Waals surface area contributed by atoms with Gasteiger partial charge in [-0.15, -0.1) is 0 Å². The van der Waals surface area contributed by atoms with Gasteiger partial charge in [0.05, 0.1) is 0 Å². The van der Waals surface area contributed by atoms with Crippen molar-refractivity contribution in [2.24, 2.45) is 5.92 Å². The molecule has 0 aromatic heterocycles. The molecule has 0 spiro atoms. The topological polar surface area (TPSA) is 17.1 Å². The van der Waals surface area contributed by atoms with E-state index in [9.17, 15) is 13.6 Å². The minimum Gasteiger partial charge on any atom is -0.287 e. The number of thioether (sulfide) groups is 1. The average molecular weight is 137 g/mol. The van der Waals surface area contributed by atoms with Crippen LogP contribution in [0, 0.1) is 12.3 Å². The van der Waals surface area contributed by atoms with Crippen molar-refractivity contribution in [3.05, 3.63) is 6.43 Å². The summed E-state index contributed by atoms with van der Waals surface area (Å²) < 4.78 is 22.8. The highest BCUT2D eigenvalue weighted by atomic mass is 32.2. The molecule has 1 rings (SSSR count). The van der Waals surface area contributed by atoms with E-state index >= 15 is 0 Å². The van der Waals surface area contributed by atoms with E-state index in [2.05, 4.69) is 0 Å². The second kappa shape index (κ2) is 2.01. The SMILES string of the molecule is O=C1SCC1[C](F)F. The van der Waals surface area contributed by atoms with E-state index in [1.165, 1.54) is 0 Å². The van der Waals surface area contributed by atoms with Crippen LogP contribution in [0.25, 0.3) is 0 Å². The fourth-order valence-corrected chi connectivity index (χ4v) is 1.07. The van der Waals surface area contributed by atoms with Crippen LogP contribution in [0.3, 0.4) is 0 Å². The molecule has 1 radical (unpaired) electrons. The lowest BCUT2D eigenvalue weighted by Gasteiger charge is -2.19. The fourth-order valence-electron chi connectivity index (χ4n) is 0.387. The molecule has 1 aliphatic heterocycles. The molecule has 1 aliphatic rings. The Hall–Kier alpha value is -0.120. The van der Waals surface area contributed by atoms with E-state index in [-0.39, 0.29) is 5.75 Å². The third-order valence-corrected chi connectivity index (χ3v) is 2.01. The van der Waals surface area contributed by atoms with Crippen LogP contribution in [0.5, 0.6) is 0 Å². The van der Waals surface area contributed by atoms with Crippen molar-refractivity contribution < 1.29 is 13.6 Å². The lowest BCUT2D eigenvalue weighted by Crippen LogP contribution is -2.27. The predicted molar refractivity (Wildman–Crippen MR) is 26.4 cm³/mol. The minimum absolute atomic E-state index is 0.265. The first-order chi connectivity index (χ1) is 3.72. The van der Waals surface area contributed by atoms with Gasteiger partial charge in [0, 0.05) is 5.75 Å². The molecule has 4 heteroatoms. The van der Waals surface area contributed by atoms with E-state index in [1.54, 1.807) is 0 Å². The van der Waals surface area contributed by atoms with Crippen molar-refractivity contribution in [2.75, 3.05) is 5.75 Å². The van der Waals surface area contributed by atoms with Crippen LogP contribution >= 0.6 is 11.8 Å². The van der Waals surface area contributed by atoms with Gasteiger partial charge in [0.1, 0.15) is 5.92 Å². The second-order valence-electron chi connectivity index (χ2n) is 1.47. The first kappa shape index (κ1) is 6.01. The van der Waals surface area contributed by atoms with Gasteiger partial charge in [-0.25, -0.2) is 0 Å². The van der Waals surface area contributed by atoms with Crippen molar-refractivity contribution >= 4 is 16.9 Å². The third-order valence-electron chi connectivity index (χ3n) is 0.940. The summed E-state index contributed by atoms with van der Waals surface area (Å²) >= 11 is 0.957. The Balaban J connectivity index is 2.37. The maximum Gasteiger partial charge on any atom is 0.322 e. The molecule has 1 atom stereocenters. The largest absolute Gasteiger partial charge is 0.322 e. The molecule has 8 heavy (non-hydrogen) atoms. The van der Waals surface area contributed by atoms with Crippen LogP contribution in [-0.2, 0) is 4.79 Å². The highest BCUT2D eigenvalue weighted by Crippen LogP contribution is 2.35. The Morgan fingerprint density at radius 2 is 2.38 bits per heavy atom. The Morgan fingerprint density at radius 1 is 1.75 bits per heavy atom. The normalized spacial score (nSPS) is 28.4. The van der Waals surface area contributed by atoms with E-state index in [0.29, 0.717) is 0 Å². The molecule has 1 heterocycles. The number of carbonyl (C=O) groups is 1. The maximum absolute atomic E-state index is 11.4. The van der Waals surface area contributed by atoms with Crippen molar-refractivity contribution in [3.63, 3.8) is 0 Å². The summed E-state index contributed by atoms with van der Waals surface area (Å²) in [6.07, 6.45) is -1.74. The Morgan fingerprint density at radius 3 is 2.38 bits per heavy atom. The quantitative estimate of drug-likeness (QED) is 0.542. The number of halogens is 2. The summed E-state index contributed by atoms with van der Waals surface area (Å²) in [4.78, 5) is 10.1. The van der Waals surface area contributed by atoms with Gasteiger partial charge >= 0.3 is 6.43 Å². The second-order valence-corrected chi connectivity index (χ2v) is 2.50. The molecule has 1 fully saturated rings. The van der Waals surface area contributed by atoms with Crippen molar-refractivity contribution in [3.8, 4) is 0 Å². The molecule has 45 valence electrons. The van der Waals surface area contributed by atoms with Gasteiger partial charge in [-0.2, -0.15) is 8.78 Å². The summed E-state index contributed by atoms with van der Waals surface area (Å²) in [5.41, 5.74) is 0. The number of hydrogen-bond acceptors (Lipinski definition) is 2. The predicted octanol–water partition coefficient (Wildman–Crippen LogP) is 1.30. The average Bonchev–Trinajstić information content (AvgIpc) is 1.61. The molecule has 0 saturated carbocycles. The van der Waals surface area contributed by atoms with Gasteiger partial charge < -0.3 is 0 Å². The Bertz CT molecular complexity index is 115. The van der Waals surface area contributed by atoms with Crippen LogP contribution in [0.15, 0.2) is 0 Å². The Labute approximate surface area is 49.4 Å². The molecule has 0 aliphatic carbocycles. The van der Waals surface area contributed by atoms with Crippen molar-refractivity contribution in [2.45, 2.75) is 0 Å². The minimum atomic E-state index is -1.74. The summed E-state index contributed by atoms with van der Waals surface area (Å²) in [6, 6.07) is 0. The van der Waals surface area contributed by atoms with Crippen LogP contribution in [0.2, 0.25) is 0 Å². The highest BCUT2D eigenvalue weighted by Gasteiger charge is 2.38. The standard InChI is InChI=1S/C4H3F2OS/c5-3(6)2-1-8-4(2)7/h2H,1H2. The molecule has 0 amide bonds. The monoisotopic (exact) mass is 137 g/mol. The lowest BCUT2D eigenvalue weighted by molar-refractivity contribution is -0.116. The fraction of sp³-hybridized carbons (Fsp3) is 0.500. The smallest absolute Gasteiger partial charge is 0.287 e. The zero-order valence-corrected chi connectivity index (χ0v) is 4.67. The first-order valence-corrected chi connectivity index (χ1v) is 3.05. The van der Waals surface area contributed by atoms with Gasteiger partial charge in [0.25, 0.3) is 0 Å². The first-order valence-electron chi connectivity index (χ1n) is 2.06. The van der Waals surface area contributed by atoms with Crippen molar-refractivity contribution in [1.82, 2.24) is 0 Å². The van der Waals surface area contributed by atoms with Gasteiger partial charge in [0.15, 0.2) is 5.12 Å². The number of rotatable bonds is 1. The van der Waals surface area contributed by atoms with E-state index in [4.69, 9.17) is 0 Å². The zero-order valence-electron chi connectivity index (χ0n) is 3.86. The highest BCUT2D eigenvalue weighted by molar-refractivity contribution is 8.15. The summed E-state index contributed by atoms with van der Waals surface area (Å²) in [7, 11) is 0. The van der Waals surface area contributed by atoms with E-state index < -0.39 is 17.5 Å². The third kappa shape index (κ3) is 0.844. The maximum atomic E-state index is 11.4. The van der Waals surface area contributed by atoms with Gasteiger partial charge in [0.2, 0.25) is 0 Å². The summed E-state index contributed by atoms with van der Waals surface area (Å²) in [6.45, 7) is 0.